The fourth-order valence-corrected chi connectivity index (χ4v) is 2.59. The summed E-state index contributed by atoms with van der Waals surface area (Å²) in [7, 11) is 1.70. The van der Waals surface area contributed by atoms with Gasteiger partial charge in [-0.1, -0.05) is 13.8 Å². The Bertz CT molecular complexity index is 266. The maximum Gasteiger partial charge on any atom is 0.236 e. The molecule has 1 saturated heterocycles. The van der Waals surface area contributed by atoms with Crippen LogP contribution in [0.3, 0.4) is 0 Å². The molecule has 1 rings (SSSR count). The van der Waals surface area contributed by atoms with E-state index in [0.29, 0.717) is 18.0 Å². The van der Waals surface area contributed by atoms with Gasteiger partial charge in [0.05, 0.1) is 6.04 Å². The van der Waals surface area contributed by atoms with Crippen LogP contribution in [0, 0.1) is 5.92 Å². The average Bonchev–Trinajstić information content (AvgIpc) is 2.75. The summed E-state index contributed by atoms with van der Waals surface area (Å²) in [6, 6.07) is 1.02. The van der Waals surface area contributed by atoms with Crippen molar-refractivity contribution in [2.75, 3.05) is 20.1 Å². The Kier molecular flexibility index (Phi) is 6.09. The van der Waals surface area contributed by atoms with E-state index >= 15 is 0 Å². The third kappa shape index (κ3) is 4.58. The molecule has 2 atom stereocenters. The molecule has 4 heteroatoms. The van der Waals surface area contributed by atoms with E-state index in [1.165, 1.54) is 0 Å². The molecule has 0 aliphatic carbocycles. The Labute approximate surface area is 111 Å². The van der Waals surface area contributed by atoms with Gasteiger partial charge in [0.25, 0.3) is 0 Å². The summed E-state index contributed by atoms with van der Waals surface area (Å²) in [6.07, 6.45) is 2.05. The van der Waals surface area contributed by atoms with Gasteiger partial charge in [0.2, 0.25) is 5.91 Å². The van der Waals surface area contributed by atoms with Gasteiger partial charge in [-0.05, 0) is 32.6 Å². The number of hydrogen-bond acceptors (Lipinski definition) is 3. The second kappa shape index (κ2) is 7.10. The molecule has 1 fully saturated rings. The molecule has 1 aliphatic rings. The minimum absolute atomic E-state index is 0.00747. The molecule has 1 amide bonds. The zero-order chi connectivity index (χ0) is 13.7. The van der Waals surface area contributed by atoms with Gasteiger partial charge in [-0.3, -0.25) is 9.69 Å². The second-order valence-corrected chi connectivity index (χ2v) is 6.05. The first-order valence-electron chi connectivity index (χ1n) is 7.15. The monoisotopic (exact) mass is 255 g/mol. The van der Waals surface area contributed by atoms with Gasteiger partial charge in [-0.25, -0.2) is 0 Å². The Morgan fingerprint density at radius 3 is 2.50 bits per heavy atom. The zero-order valence-corrected chi connectivity index (χ0v) is 12.5. The Morgan fingerprint density at radius 1 is 1.33 bits per heavy atom. The van der Waals surface area contributed by atoms with Crippen molar-refractivity contribution in [3.05, 3.63) is 0 Å². The molecule has 0 aromatic heterocycles. The fourth-order valence-electron chi connectivity index (χ4n) is 2.59. The second-order valence-electron chi connectivity index (χ2n) is 6.05. The Hall–Kier alpha value is -0.610. The highest BCUT2D eigenvalue weighted by molar-refractivity contribution is 5.81. The fraction of sp³-hybridized carbons (Fsp3) is 0.929. The van der Waals surface area contributed by atoms with Gasteiger partial charge >= 0.3 is 0 Å². The molecule has 0 radical (unpaired) electrons. The lowest BCUT2D eigenvalue weighted by Crippen LogP contribution is -2.47. The molecular weight excluding hydrogens is 226 g/mol. The van der Waals surface area contributed by atoms with Crippen molar-refractivity contribution in [2.24, 2.45) is 5.92 Å². The number of rotatable bonds is 6. The van der Waals surface area contributed by atoms with Crippen LogP contribution < -0.4 is 10.6 Å². The molecule has 0 aromatic carbocycles. The van der Waals surface area contributed by atoms with Gasteiger partial charge in [-0.15, -0.1) is 0 Å². The van der Waals surface area contributed by atoms with E-state index in [9.17, 15) is 4.79 Å². The molecule has 106 valence electrons. The van der Waals surface area contributed by atoms with E-state index in [0.717, 1.165) is 25.9 Å². The SMILES string of the molecule is CNC(=O)C1CCC(CN(CC(C)C)C(C)C)N1. The summed E-state index contributed by atoms with van der Waals surface area (Å²) >= 11 is 0. The third-order valence-electron chi connectivity index (χ3n) is 3.59. The topological polar surface area (TPSA) is 44.4 Å². The summed E-state index contributed by atoms with van der Waals surface area (Å²) < 4.78 is 0. The first kappa shape index (κ1) is 15.4. The number of hydrogen-bond donors (Lipinski definition) is 2. The first-order valence-corrected chi connectivity index (χ1v) is 7.15. The zero-order valence-electron chi connectivity index (χ0n) is 12.5. The number of carbonyl (C=O) groups is 1. The molecular formula is C14H29N3O. The molecule has 0 spiro atoms. The summed E-state index contributed by atoms with van der Waals surface area (Å²) in [5.74, 6) is 0.806. The number of nitrogens with one attached hydrogen (secondary N) is 2. The number of amides is 1. The maximum atomic E-state index is 11.6. The summed E-state index contributed by atoms with van der Waals surface area (Å²) in [6.45, 7) is 11.2. The van der Waals surface area contributed by atoms with Crippen LogP contribution in [0.2, 0.25) is 0 Å². The smallest absolute Gasteiger partial charge is 0.236 e. The molecule has 1 aliphatic heterocycles. The largest absolute Gasteiger partial charge is 0.358 e. The highest BCUT2D eigenvalue weighted by Crippen LogP contribution is 2.15. The van der Waals surface area contributed by atoms with E-state index < -0.39 is 0 Å². The van der Waals surface area contributed by atoms with Crippen molar-refractivity contribution < 1.29 is 4.79 Å². The van der Waals surface area contributed by atoms with Crippen molar-refractivity contribution in [2.45, 2.75) is 58.7 Å². The van der Waals surface area contributed by atoms with E-state index in [1.807, 2.05) is 0 Å². The number of carbonyl (C=O) groups excluding carboxylic acids is 1. The van der Waals surface area contributed by atoms with E-state index in [2.05, 4.69) is 43.2 Å². The molecule has 0 saturated carbocycles. The van der Waals surface area contributed by atoms with Crippen molar-refractivity contribution in [1.82, 2.24) is 15.5 Å². The standard InChI is InChI=1S/C14H29N3O/c1-10(2)8-17(11(3)4)9-12-6-7-13(16-12)14(18)15-5/h10-13,16H,6-9H2,1-5H3,(H,15,18). The van der Waals surface area contributed by atoms with E-state index in [1.54, 1.807) is 7.05 Å². The van der Waals surface area contributed by atoms with Crippen LogP contribution in [-0.4, -0.2) is 49.1 Å². The van der Waals surface area contributed by atoms with Crippen molar-refractivity contribution in [3.63, 3.8) is 0 Å². The van der Waals surface area contributed by atoms with Crippen molar-refractivity contribution >= 4 is 5.91 Å². The highest BCUT2D eigenvalue weighted by atomic mass is 16.2. The van der Waals surface area contributed by atoms with Gasteiger partial charge in [0.1, 0.15) is 0 Å². The molecule has 4 nitrogen and oxygen atoms in total. The first-order chi connectivity index (χ1) is 8.43. The predicted molar refractivity (Wildman–Crippen MR) is 75.6 cm³/mol. The summed E-state index contributed by atoms with van der Waals surface area (Å²) in [5.41, 5.74) is 0. The number of likely N-dealkylation sites (N-methyl/N-ethyl adjacent to an activating group) is 1. The number of nitrogens with zero attached hydrogens (tertiary/aromatic N) is 1. The normalized spacial score (nSPS) is 24.2. The molecule has 2 N–H and O–H groups in total. The van der Waals surface area contributed by atoms with Crippen LogP contribution in [-0.2, 0) is 4.79 Å². The summed E-state index contributed by atoms with van der Waals surface area (Å²) in [4.78, 5) is 14.1. The van der Waals surface area contributed by atoms with Crippen LogP contribution in [0.5, 0.6) is 0 Å². The van der Waals surface area contributed by atoms with E-state index in [-0.39, 0.29) is 11.9 Å². The Balaban J connectivity index is 2.44. The van der Waals surface area contributed by atoms with Gasteiger partial charge in [0.15, 0.2) is 0 Å². The lowest BCUT2D eigenvalue weighted by molar-refractivity contribution is -0.122. The van der Waals surface area contributed by atoms with Crippen LogP contribution in [0.1, 0.15) is 40.5 Å². The lowest BCUT2D eigenvalue weighted by atomic mass is 10.1. The maximum absolute atomic E-state index is 11.6. The van der Waals surface area contributed by atoms with Gasteiger partial charge < -0.3 is 10.6 Å². The minimum Gasteiger partial charge on any atom is -0.358 e. The predicted octanol–water partition coefficient (Wildman–Crippen LogP) is 1.22. The van der Waals surface area contributed by atoms with Gasteiger partial charge in [-0.2, -0.15) is 0 Å². The average molecular weight is 255 g/mol. The van der Waals surface area contributed by atoms with Crippen LogP contribution in [0.15, 0.2) is 0 Å². The van der Waals surface area contributed by atoms with E-state index in [4.69, 9.17) is 0 Å². The van der Waals surface area contributed by atoms with Crippen molar-refractivity contribution in [1.29, 1.82) is 0 Å². The molecule has 2 unspecified atom stereocenters. The molecule has 0 bridgehead atoms. The lowest BCUT2D eigenvalue weighted by Gasteiger charge is -2.31. The molecule has 0 aromatic rings. The van der Waals surface area contributed by atoms with Crippen LogP contribution in [0.4, 0.5) is 0 Å². The minimum atomic E-state index is 0.00747. The van der Waals surface area contributed by atoms with Crippen LogP contribution >= 0.6 is 0 Å². The highest BCUT2D eigenvalue weighted by Gasteiger charge is 2.29. The Morgan fingerprint density at radius 2 is 2.00 bits per heavy atom. The van der Waals surface area contributed by atoms with Crippen LogP contribution in [0.25, 0.3) is 0 Å². The third-order valence-corrected chi connectivity index (χ3v) is 3.59. The molecule has 18 heavy (non-hydrogen) atoms. The quantitative estimate of drug-likeness (QED) is 0.750. The molecule has 1 heterocycles. The van der Waals surface area contributed by atoms with Gasteiger partial charge in [0, 0.05) is 32.2 Å². The van der Waals surface area contributed by atoms with Crippen molar-refractivity contribution in [3.8, 4) is 0 Å². The summed E-state index contributed by atoms with van der Waals surface area (Å²) in [5, 5.41) is 6.17.